The number of fused-ring (bicyclic) bond motifs is 3. The van der Waals surface area contributed by atoms with Crippen molar-refractivity contribution in [1.82, 2.24) is 0 Å². The first-order chi connectivity index (χ1) is 14.0. The van der Waals surface area contributed by atoms with Crippen molar-refractivity contribution in [3.05, 3.63) is 41.0 Å². The largest absolute Gasteiger partial charge is 0.502 e. The van der Waals surface area contributed by atoms with E-state index in [1.54, 1.807) is 24.3 Å². The zero-order valence-electron chi connectivity index (χ0n) is 15.9. The highest BCUT2D eigenvalue weighted by Gasteiger charge is 2.52. The number of aromatic hydroxyl groups is 1. The Kier molecular flexibility index (Phi) is 3.99. The summed E-state index contributed by atoms with van der Waals surface area (Å²) < 4.78 is 26.9. The molecule has 0 amide bonds. The third kappa shape index (κ3) is 2.52. The molecule has 5 rings (SSSR count). The Morgan fingerprint density at radius 1 is 0.966 bits per heavy atom. The van der Waals surface area contributed by atoms with Gasteiger partial charge in [0.1, 0.15) is 0 Å². The fraction of sp³-hybridized carbons (Fsp3) is 0.381. The number of aliphatic hydroxyl groups is 1. The van der Waals surface area contributed by atoms with Crippen LogP contribution in [0.15, 0.2) is 24.3 Å². The van der Waals surface area contributed by atoms with E-state index < -0.39 is 23.9 Å². The minimum Gasteiger partial charge on any atom is -0.502 e. The number of carbonyl (C=O) groups excluding carboxylic acids is 1. The number of phenols is 1. The lowest BCUT2D eigenvalue weighted by atomic mass is 9.66. The SMILES string of the molecule is COc1cc([C@@H]2c3cc4c(cc3[C@H](O)[C@H]3COC(=O)[C@H]23)OCO4)cc(OC)c1O. The molecule has 0 saturated carbocycles. The molecule has 1 aliphatic carbocycles. The summed E-state index contributed by atoms with van der Waals surface area (Å²) >= 11 is 0. The second-order valence-corrected chi connectivity index (χ2v) is 7.35. The molecule has 2 aromatic carbocycles. The Labute approximate surface area is 166 Å². The number of cyclic esters (lactones) is 1. The van der Waals surface area contributed by atoms with E-state index >= 15 is 0 Å². The van der Waals surface area contributed by atoms with Crippen molar-refractivity contribution in [2.45, 2.75) is 12.0 Å². The van der Waals surface area contributed by atoms with Gasteiger partial charge >= 0.3 is 5.97 Å². The number of carbonyl (C=O) groups is 1. The minimum atomic E-state index is -0.867. The zero-order chi connectivity index (χ0) is 20.3. The molecule has 2 heterocycles. The summed E-state index contributed by atoms with van der Waals surface area (Å²) in [6, 6.07) is 6.93. The maximum atomic E-state index is 12.7. The molecule has 2 aromatic rings. The summed E-state index contributed by atoms with van der Waals surface area (Å²) in [5.74, 6) is -0.324. The number of methoxy groups -OCH3 is 2. The van der Waals surface area contributed by atoms with Crippen molar-refractivity contribution in [2.75, 3.05) is 27.6 Å². The van der Waals surface area contributed by atoms with Gasteiger partial charge in [0.25, 0.3) is 0 Å². The van der Waals surface area contributed by atoms with Gasteiger partial charge in [0.15, 0.2) is 23.0 Å². The number of phenolic OH excluding ortho intramolecular Hbond substituents is 1. The third-order valence-corrected chi connectivity index (χ3v) is 6.01. The molecule has 8 nitrogen and oxygen atoms in total. The monoisotopic (exact) mass is 400 g/mol. The highest BCUT2D eigenvalue weighted by atomic mass is 16.7. The Morgan fingerprint density at radius 2 is 1.59 bits per heavy atom. The van der Waals surface area contributed by atoms with Gasteiger partial charge in [0.05, 0.1) is 32.8 Å². The molecule has 0 spiro atoms. The van der Waals surface area contributed by atoms with Crippen LogP contribution >= 0.6 is 0 Å². The van der Waals surface area contributed by atoms with E-state index in [0.29, 0.717) is 22.6 Å². The summed E-state index contributed by atoms with van der Waals surface area (Å²) in [6.07, 6.45) is -0.867. The van der Waals surface area contributed by atoms with Gasteiger partial charge in [-0.1, -0.05) is 0 Å². The molecule has 2 aliphatic heterocycles. The molecule has 0 unspecified atom stereocenters. The van der Waals surface area contributed by atoms with E-state index in [4.69, 9.17) is 23.7 Å². The lowest BCUT2D eigenvalue weighted by molar-refractivity contribution is -0.141. The molecule has 152 valence electrons. The number of esters is 1. The van der Waals surface area contributed by atoms with Crippen LogP contribution in [0.25, 0.3) is 0 Å². The van der Waals surface area contributed by atoms with E-state index in [1.807, 2.05) is 0 Å². The summed E-state index contributed by atoms with van der Waals surface area (Å²) in [6.45, 7) is 0.246. The maximum absolute atomic E-state index is 12.7. The highest BCUT2D eigenvalue weighted by Crippen LogP contribution is 2.55. The van der Waals surface area contributed by atoms with Gasteiger partial charge in [-0.2, -0.15) is 0 Å². The Balaban J connectivity index is 1.75. The molecule has 0 aromatic heterocycles. The standard InChI is InChI=1S/C21H20O8/c1-25-15-3-9(4-16(26-2)20(15)23)17-10-5-13-14(29-8-28-13)6-11(10)19(22)12-7-27-21(24)18(12)17/h3-6,12,17-19,22-23H,7-8H2,1-2H3/t12-,17+,18-,19-/m0/s1. The van der Waals surface area contributed by atoms with Crippen LogP contribution in [0.3, 0.4) is 0 Å². The highest BCUT2D eigenvalue weighted by molar-refractivity contribution is 5.79. The molecule has 29 heavy (non-hydrogen) atoms. The van der Waals surface area contributed by atoms with Crippen LogP contribution in [0, 0.1) is 11.8 Å². The molecular weight excluding hydrogens is 380 g/mol. The Hall–Kier alpha value is -3.13. The average Bonchev–Trinajstić information content (AvgIpc) is 3.34. The van der Waals surface area contributed by atoms with E-state index in [2.05, 4.69) is 0 Å². The Morgan fingerprint density at radius 3 is 2.21 bits per heavy atom. The maximum Gasteiger partial charge on any atom is 0.310 e. The van der Waals surface area contributed by atoms with Crippen molar-refractivity contribution in [3.63, 3.8) is 0 Å². The number of aliphatic hydroxyl groups excluding tert-OH is 1. The smallest absolute Gasteiger partial charge is 0.310 e. The fourth-order valence-corrected chi connectivity index (χ4v) is 4.63. The van der Waals surface area contributed by atoms with Crippen LogP contribution < -0.4 is 18.9 Å². The van der Waals surface area contributed by atoms with Crippen LogP contribution in [0.5, 0.6) is 28.7 Å². The van der Waals surface area contributed by atoms with E-state index in [9.17, 15) is 15.0 Å². The van der Waals surface area contributed by atoms with E-state index in [0.717, 1.165) is 5.56 Å². The lowest BCUT2D eigenvalue weighted by Gasteiger charge is -2.37. The first-order valence-corrected chi connectivity index (χ1v) is 9.26. The number of hydrogen-bond acceptors (Lipinski definition) is 8. The molecular formula is C21H20O8. The molecule has 0 bridgehead atoms. The zero-order valence-corrected chi connectivity index (χ0v) is 15.9. The normalized spacial score (nSPS) is 26.5. The second kappa shape index (κ2) is 6.45. The Bertz CT molecular complexity index is 975. The summed E-state index contributed by atoms with van der Waals surface area (Å²) in [5, 5.41) is 21.3. The fourth-order valence-electron chi connectivity index (χ4n) is 4.63. The van der Waals surface area contributed by atoms with E-state index in [1.165, 1.54) is 14.2 Å². The molecule has 2 N–H and O–H groups in total. The van der Waals surface area contributed by atoms with Crippen molar-refractivity contribution < 1.29 is 38.7 Å². The summed E-state index contributed by atoms with van der Waals surface area (Å²) in [7, 11) is 2.89. The second-order valence-electron chi connectivity index (χ2n) is 7.35. The number of ether oxygens (including phenoxy) is 5. The number of rotatable bonds is 3. The van der Waals surface area contributed by atoms with Crippen LogP contribution in [0.2, 0.25) is 0 Å². The van der Waals surface area contributed by atoms with Crippen LogP contribution in [0.1, 0.15) is 28.7 Å². The molecule has 3 aliphatic rings. The molecule has 8 heteroatoms. The van der Waals surface area contributed by atoms with Crippen molar-refractivity contribution in [1.29, 1.82) is 0 Å². The predicted octanol–water partition coefficient (Wildman–Crippen LogP) is 2.11. The molecule has 0 radical (unpaired) electrons. The first kappa shape index (κ1) is 17.9. The van der Waals surface area contributed by atoms with Gasteiger partial charge in [-0.05, 0) is 41.0 Å². The minimum absolute atomic E-state index is 0.106. The van der Waals surface area contributed by atoms with Gasteiger partial charge < -0.3 is 33.9 Å². The third-order valence-electron chi connectivity index (χ3n) is 6.01. The van der Waals surface area contributed by atoms with Gasteiger partial charge in [0.2, 0.25) is 12.5 Å². The quantitative estimate of drug-likeness (QED) is 0.755. The van der Waals surface area contributed by atoms with Crippen molar-refractivity contribution in [2.24, 2.45) is 11.8 Å². The van der Waals surface area contributed by atoms with Gasteiger partial charge in [0, 0.05) is 11.8 Å². The molecule has 4 atom stereocenters. The van der Waals surface area contributed by atoms with Gasteiger partial charge in [-0.25, -0.2) is 0 Å². The van der Waals surface area contributed by atoms with Crippen LogP contribution in [0.4, 0.5) is 0 Å². The topological polar surface area (TPSA) is 104 Å². The number of hydrogen-bond donors (Lipinski definition) is 2. The van der Waals surface area contributed by atoms with E-state index in [-0.39, 0.29) is 36.6 Å². The summed E-state index contributed by atoms with van der Waals surface area (Å²) in [4.78, 5) is 12.7. The molecule has 1 fully saturated rings. The number of benzene rings is 2. The van der Waals surface area contributed by atoms with Crippen LogP contribution in [-0.2, 0) is 9.53 Å². The lowest BCUT2D eigenvalue weighted by Crippen LogP contribution is -2.34. The van der Waals surface area contributed by atoms with Crippen molar-refractivity contribution >= 4 is 5.97 Å². The van der Waals surface area contributed by atoms with Crippen molar-refractivity contribution in [3.8, 4) is 28.7 Å². The van der Waals surface area contributed by atoms with Crippen LogP contribution in [-0.4, -0.2) is 43.8 Å². The van der Waals surface area contributed by atoms with Gasteiger partial charge in [-0.3, -0.25) is 4.79 Å². The average molecular weight is 400 g/mol. The molecule has 1 saturated heterocycles. The van der Waals surface area contributed by atoms with Gasteiger partial charge in [-0.15, -0.1) is 0 Å². The first-order valence-electron chi connectivity index (χ1n) is 9.26. The predicted molar refractivity (Wildman–Crippen MR) is 98.5 cm³/mol. The summed E-state index contributed by atoms with van der Waals surface area (Å²) in [5.41, 5.74) is 2.12.